The molecule has 2 atom stereocenters. The number of rotatable bonds is 4. The Hall–Kier alpha value is -2.17. The number of nitrogens with zero attached hydrogens (tertiary/aromatic N) is 2. The maximum absolute atomic E-state index is 13.7. The topological polar surface area (TPSA) is 64.0 Å². The number of fused-ring (bicyclic) bond motifs is 6. The molecule has 3 fully saturated rings. The van der Waals surface area contributed by atoms with Crippen LogP contribution in [0, 0.1) is 16.7 Å². The number of Topliss-reactive ketones (excluding diaryl/α,β-unsaturated/α-hetero) is 1. The van der Waals surface area contributed by atoms with Crippen LogP contribution in [0.15, 0.2) is 30.2 Å². The first kappa shape index (κ1) is 18.8. The highest BCUT2D eigenvalue weighted by Gasteiger charge is 2.52. The lowest BCUT2D eigenvalue weighted by molar-refractivity contribution is -0.138. The van der Waals surface area contributed by atoms with Gasteiger partial charge in [-0.3, -0.25) is 9.59 Å². The summed E-state index contributed by atoms with van der Waals surface area (Å²) in [5.74, 6) is 1.11. The Bertz CT molecular complexity index is 914. The van der Waals surface area contributed by atoms with Gasteiger partial charge in [-0.05, 0) is 62.0 Å². The molecule has 29 heavy (non-hydrogen) atoms. The summed E-state index contributed by atoms with van der Waals surface area (Å²) < 4.78 is 2.22. The standard InChI is InChI=1S/C24H31N3O2/c1-16-4-5-17-18(12-16)20-14-26-15-27(20)19(17)13-21(28)23-6-3-7-24(10-8-23,11-9-23)22(29)25-2/h4-5,14-16,19H,3,6-13H2,1-2H3,(H,25,29). The average Bonchev–Trinajstić information content (AvgIpc) is 3.18. The third-order valence-corrected chi connectivity index (χ3v) is 8.30. The second kappa shape index (κ2) is 6.68. The van der Waals surface area contributed by atoms with E-state index in [1.54, 1.807) is 7.05 Å². The molecular weight excluding hydrogens is 362 g/mol. The Labute approximate surface area is 172 Å². The molecule has 1 aromatic heterocycles. The van der Waals surface area contributed by atoms with Crippen molar-refractivity contribution >= 4 is 17.3 Å². The Morgan fingerprint density at radius 1 is 1.17 bits per heavy atom. The second-order valence-corrected chi connectivity index (χ2v) is 9.80. The van der Waals surface area contributed by atoms with Gasteiger partial charge in [-0.2, -0.15) is 0 Å². The summed E-state index contributed by atoms with van der Waals surface area (Å²) >= 11 is 0. The quantitative estimate of drug-likeness (QED) is 0.833. The predicted molar refractivity (Wildman–Crippen MR) is 112 cm³/mol. The molecule has 5 heteroatoms. The first-order valence-corrected chi connectivity index (χ1v) is 11.2. The van der Waals surface area contributed by atoms with Gasteiger partial charge in [-0.25, -0.2) is 4.98 Å². The van der Waals surface area contributed by atoms with E-state index in [4.69, 9.17) is 0 Å². The van der Waals surface area contributed by atoms with Gasteiger partial charge >= 0.3 is 0 Å². The van der Waals surface area contributed by atoms with E-state index in [1.165, 1.54) is 16.8 Å². The summed E-state index contributed by atoms with van der Waals surface area (Å²) in [6.07, 6.45) is 16.2. The zero-order valence-electron chi connectivity index (χ0n) is 17.5. The molecule has 3 saturated carbocycles. The van der Waals surface area contributed by atoms with Crippen molar-refractivity contribution in [3.8, 4) is 0 Å². The molecule has 1 aromatic rings. The Morgan fingerprint density at radius 3 is 2.66 bits per heavy atom. The van der Waals surface area contributed by atoms with Crippen molar-refractivity contribution in [2.45, 2.75) is 70.8 Å². The highest BCUT2D eigenvalue weighted by Crippen LogP contribution is 2.56. The van der Waals surface area contributed by atoms with E-state index in [0.717, 1.165) is 51.4 Å². The third-order valence-electron chi connectivity index (χ3n) is 8.30. The fourth-order valence-electron chi connectivity index (χ4n) is 6.47. The van der Waals surface area contributed by atoms with Gasteiger partial charge in [0.05, 0.1) is 24.3 Å². The average molecular weight is 394 g/mol. The molecule has 6 rings (SSSR count). The Morgan fingerprint density at radius 2 is 1.90 bits per heavy atom. The van der Waals surface area contributed by atoms with Crippen LogP contribution in [0.5, 0.6) is 0 Å². The summed E-state index contributed by atoms with van der Waals surface area (Å²) in [6.45, 7) is 2.24. The van der Waals surface area contributed by atoms with E-state index in [1.807, 2.05) is 12.5 Å². The van der Waals surface area contributed by atoms with Crippen LogP contribution in [0.4, 0.5) is 0 Å². The molecular formula is C24H31N3O2. The van der Waals surface area contributed by atoms with Crippen LogP contribution in [-0.4, -0.2) is 28.3 Å². The normalized spacial score (nSPS) is 35.2. The lowest BCUT2D eigenvalue weighted by Crippen LogP contribution is -2.44. The SMILES string of the molecule is CNC(=O)C12CCCC(C(=O)CC3C4=C(CC(C)C=C4)c4cncn43)(CC1)CC2. The molecule has 154 valence electrons. The minimum atomic E-state index is -0.238. The van der Waals surface area contributed by atoms with Crippen LogP contribution in [-0.2, 0) is 9.59 Å². The summed E-state index contributed by atoms with van der Waals surface area (Å²) in [4.78, 5) is 30.6. The number of nitrogens with one attached hydrogen (secondary N) is 1. The molecule has 1 amide bonds. The second-order valence-electron chi connectivity index (χ2n) is 9.80. The number of hydrogen-bond acceptors (Lipinski definition) is 3. The molecule has 5 aliphatic rings. The van der Waals surface area contributed by atoms with Crippen molar-refractivity contribution in [1.29, 1.82) is 0 Å². The lowest BCUT2D eigenvalue weighted by atomic mass is 9.62. The van der Waals surface area contributed by atoms with Crippen molar-refractivity contribution in [3.63, 3.8) is 0 Å². The van der Waals surface area contributed by atoms with Gasteiger partial charge in [0.1, 0.15) is 5.78 Å². The predicted octanol–water partition coefficient (Wildman–Crippen LogP) is 4.22. The molecule has 2 bridgehead atoms. The number of amides is 1. The van der Waals surface area contributed by atoms with E-state index in [-0.39, 0.29) is 22.8 Å². The third kappa shape index (κ3) is 2.77. The zero-order chi connectivity index (χ0) is 20.2. The fourth-order valence-corrected chi connectivity index (χ4v) is 6.47. The molecule has 1 N–H and O–H groups in total. The minimum absolute atomic E-state index is 0.0852. The molecule has 1 aliphatic heterocycles. The maximum atomic E-state index is 13.7. The highest BCUT2D eigenvalue weighted by atomic mass is 16.2. The van der Waals surface area contributed by atoms with E-state index >= 15 is 0 Å². The number of aromatic nitrogens is 2. The summed E-state index contributed by atoms with van der Waals surface area (Å²) in [7, 11) is 1.74. The molecule has 4 aliphatic carbocycles. The number of carbonyl (C=O) groups excluding carboxylic acids is 2. The van der Waals surface area contributed by atoms with Gasteiger partial charge in [0.15, 0.2) is 0 Å². The van der Waals surface area contributed by atoms with Crippen LogP contribution in [0.2, 0.25) is 0 Å². The zero-order valence-corrected chi connectivity index (χ0v) is 17.5. The summed E-state index contributed by atoms with van der Waals surface area (Å²) in [6, 6.07) is 0.0852. The van der Waals surface area contributed by atoms with Gasteiger partial charge in [0.2, 0.25) is 5.91 Å². The molecule has 2 unspecified atom stereocenters. The molecule has 0 saturated heterocycles. The number of imidazole rings is 1. The largest absolute Gasteiger partial charge is 0.359 e. The fraction of sp³-hybridized carbons (Fsp3) is 0.625. The van der Waals surface area contributed by atoms with Crippen molar-refractivity contribution in [2.24, 2.45) is 16.7 Å². The Balaban J connectivity index is 1.39. The van der Waals surface area contributed by atoms with Crippen molar-refractivity contribution in [2.75, 3.05) is 7.05 Å². The van der Waals surface area contributed by atoms with E-state index < -0.39 is 0 Å². The van der Waals surface area contributed by atoms with Crippen LogP contribution >= 0.6 is 0 Å². The van der Waals surface area contributed by atoms with Crippen LogP contribution in [0.1, 0.15) is 76.4 Å². The number of ketones is 1. The molecule has 0 radical (unpaired) electrons. The number of allylic oxidation sites excluding steroid dienone is 4. The highest BCUT2D eigenvalue weighted by molar-refractivity contribution is 5.89. The van der Waals surface area contributed by atoms with Crippen molar-refractivity contribution < 1.29 is 9.59 Å². The minimum Gasteiger partial charge on any atom is -0.359 e. The number of hydrogen-bond donors (Lipinski definition) is 1. The number of carbonyl (C=O) groups is 2. The van der Waals surface area contributed by atoms with Crippen LogP contribution in [0.25, 0.3) is 5.57 Å². The molecule has 5 nitrogen and oxygen atoms in total. The summed E-state index contributed by atoms with van der Waals surface area (Å²) in [5.41, 5.74) is 3.40. The van der Waals surface area contributed by atoms with Gasteiger partial charge in [0, 0.05) is 24.3 Å². The van der Waals surface area contributed by atoms with Gasteiger partial charge < -0.3 is 9.88 Å². The molecule has 0 spiro atoms. The lowest BCUT2D eigenvalue weighted by Gasteiger charge is -2.41. The molecule has 2 heterocycles. The van der Waals surface area contributed by atoms with Crippen LogP contribution in [0.3, 0.4) is 0 Å². The van der Waals surface area contributed by atoms with Crippen molar-refractivity contribution in [1.82, 2.24) is 14.9 Å². The Kier molecular flexibility index (Phi) is 4.34. The van der Waals surface area contributed by atoms with E-state index in [9.17, 15) is 9.59 Å². The first-order valence-electron chi connectivity index (χ1n) is 11.2. The maximum Gasteiger partial charge on any atom is 0.225 e. The van der Waals surface area contributed by atoms with Crippen molar-refractivity contribution in [3.05, 3.63) is 35.9 Å². The smallest absolute Gasteiger partial charge is 0.225 e. The van der Waals surface area contributed by atoms with E-state index in [2.05, 4.69) is 33.9 Å². The monoisotopic (exact) mass is 393 g/mol. The van der Waals surface area contributed by atoms with Crippen LogP contribution < -0.4 is 5.32 Å². The molecule has 0 aromatic carbocycles. The first-order chi connectivity index (χ1) is 14.0. The van der Waals surface area contributed by atoms with Gasteiger partial charge in [0.25, 0.3) is 0 Å². The summed E-state index contributed by atoms with van der Waals surface area (Å²) in [5, 5.41) is 2.87. The van der Waals surface area contributed by atoms with E-state index in [0.29, 0.717) is 18.1 Å². The van der Waals surface area contributed by atoms with Gasteiger partial charge in [-0.1, -0.05) is 25.5 Å². The van der Waals surface area contributed by atoms with Gasteiger partial charge in [-0.15, -0.1) is 0 Å².